The Morgan fingerprint density at radius 3 is 2.70 bits per heavy atom. The molecular weight excluding hydrogens is 365 g/mol. The molecule has 6 nitrogen and oxygen atoms in total. The minimum atomic E-state index is -0.268. The lowest BCUT2D eigenvalue weighted by Gasteiger charge is -2.14. The standard InChI is InChI=1S/C19H18FN5OS/c1-13-4-2-3-5-16(13)21-17(26)12-27-19-23-22-18-24(10-11-25(18)19)15-8-6-14(20)7-9-15/h2-9H,10-12H2,1H3,(H,21,26). The van der Waals surface area contributed by atoms with Gasteiger partial charge < -0.3 is 10.2 Å². The zero-order valence-corrected chi connectivity index (χ0v) is 15.5. The molecule has 0 aliphatic carbocycles. The average Bonchev–Trinajstić information content (AvgIpc) is 3.25. The van der Waals surface area contributed by atoms with Crippen LogP contribution < -0.4 is 10.2 Å². The van der Waals surface area contributed by atoms with E-state index in [0.717, 1.165) is 30.0 Å². The predicted octanol–water partition coefficient (Wildman–Crippen LogP) is 3.61. The van der Waals surface area contributed by atoms with E-state index in [0.29, 0.717) is 11.1 Å². The first-order chi connectivity index (χ1) is 13.1. The number of carbonyl (C=O) groups is 1. The van der Waals surface area contributed by atoms with Crippen LogP contribution in [-0.2, 0) is 11.3 Å². The van der Waals surface area contributed by atoms with Gasteiger partial charge in [0.05, 0.1) is 5.75 Å². The molecule has 0 spiro atoms. The van der Waals surface area contributed by atoms with E-state index in [1.54, 1.807) is 12.1 Å². The number of amides is 1. The smallest absolute Gasteiger partial charge is 0.234 e. The molecule has 3 aromatic rings. The molecule has 0 unspecified atom stereocenters. The Labute approximate surface area is 160 Å². The number of aromatic nitrogens is 3. The highest BCUT2D eigenvalue weighted by atomic mass is 32.2. The molecule has 2 heterocycles. The molecule has 0 bridgehead atoms. The number of hydrogen-bond acceptors (Lipinski definition) is 5. The summed E-state index contributed by atoms with van der Waals surface area (Å²) in [5.74, 6) is 0.613. The van der Waals surface area contributed by atoms with Gasteiger partial charge in [0.25, 0.3) is 0 Å². The number of halogens is 1. The third kappa shape index (κ3) is 3.66. The van der Waals surface area contributed by atoms with Crippen LogP contribution in [0.15, 0.2) is 53.7 Å². The highest BCUT2D eigenvalue weighted by Crippen LogP contribution is 2.32. The Balaban J connectivity index is 1.42. The number of para-hydroxylation sites is 1. The molecule has 1 aliphatic heterocycles. The second-order valence-electron chi connectivity index (χ2n) is 6.21. The summed E-state index contributed by atoms with van der Waals surface area (Å²) >= 11 is 1.36. The Bertz CT molecular complexity index is 972. The number of rotatable bonds is 5. The maximum absolute atomic E-state index is 13.1. The number of benzene rings is 2. The first kappa shape index (κ1) is 17.5. The van der Waals surface area contributed by atoms with E-state index in [1.165, 1.54) is 23.9 Å². The molecule has 1 amide bonds. The lowest BCUT2D eigenvalue weighted by Crippen LogP contribution is -2.15. The maximum Gasteiger partial charge on any atom is 0.234 e. The van der Waals surface area contributed by atoms with Crippen molar-refractivity contribution in [1.82, 2.24) is 14.8 Å². The summed E-state index contributed by atoms with van der Waals surface area (Å²) in [5, 5.41) is 12.1. The fourth-order valence-corrected chi connectivity index (χ4v) is 3.74. The summed E-state index contributed by atoms with van der Waals surface area (Å²) in [4.78, 5) is 14.2. The number of nitrogens with zero attached hydrogens (tertiary/aromatic N) is 4. The van der Waals surface area contributed by atoms with E-state index in [-0.39, 0.29) is 17.5 Å². The SMILES string of the molecule is Cc1ccccc1NC(=O)CSc1nnc2n1CCN2c1ccc(F)cc1. The number of hydrogen-bond donors (Lipinski definition) is 1. The van der Waals surface area contributed by atoms with Gasteiger partial charge in [0.1, 0.15) is 5.82 Å². The minimum Gasteiger partial charge on any atom is -0.325 e. The lowest BCUT2D eigenvalue weighted by atomic mass is 10.2. The number of aryl methyl sites for hydroxylation is 1. The molecule has 1 aliphatic rings. The monoisotopic (exact) mass is 383 g/mol. The van der Waals surface area contributed by atoms with Crippen LogP contribution in [0.25, 0.3) is 0 Å². The topological polar surface area (TPSA) is 63.1 Å². The van der Waals surface area contributed by atoms with Gasteiger partial charge in [-0.2, -0.15) is 0 Å². The van der Waals surface area contributed by atoms with Crippen molar-refractivity contribution in [2.24, 2.45) is 0 Å². The molecule has 1 aromatic heterocycles. The van der Waals surface area contributed by atoms with E-state index < -0.39 is 0 Å². The molecule has 0 radical (unpaired) electrons. The number of carbonyl (C=O) groups excluding carboxylic acids is 1. The zero-order valence-electron chi connectivity index (χ0n) is 14.7. The first-order valence-electron chi connectivity index (χ1n) is 8.56. The number of thioether (sulfide) groups is 1. The van der Waals surface area contributed by atoms with Crippen molar-refractivity contribution in [3.05, 3.63) is 59.9 Å². The van der Waals surface area contributed by atoms with Gasteiger partial charge in [-0.25, -0.2) is 4.39 Å². The van der Waals surface area contributed by atoms with E-state index in [9.17, 15) is 9.18 Å². The van der Waals surface area contributed by atoms with Gasteiger partial charge >= 0.3 is 0 Å². The van der Waals surface area contributed by atoms with Crippen molar-refractivity contribution in [3.63, 3.8) is 0 Å². The van der Waals surface area contributed by atoms with Gasteiger partial charge in [-0.15, -0.1) is 10.2 Å². The molecule has 0 atom stereocenters. The second kappa shape index (κ2) is 7.40. The quantitative estimate of drug-likeness (QED) is 0.682. The molecule has 138 valence electrons. The van der Waals surface area contributed by atoms with Gasteiger partial charge in [-0.1, -0.05) is 30.0 Å². The predicted molar refractivity (Wildman–Crippen MR) is 104 cm³/mol. The Morgan fingerprint density at radius 2 is 1.93 bits per heavy atom. The molecule has 0 saturated heterocycles. The molecule has 0 fully saturated rings. The first-order valence-corrected chi connectivity index (χ1v) is 9.55. The van der Waals surface area contributed by atoms with Crippen molar-refractivity contribution in [2.45, 2.75) is 18.6 Å². The number of anilines is 3. The molecule has 4 rings (SSSR count). The zero-order chi connectivity index (χ0) is 18.8. The third-order valence-electron chi connectivity index (χ3n) is 4.38. The normalized spacial score (nSPS) is 12.9. The Morgan fingerprint density at radius 1 is 1.15 bits per heavy atom. The highest BCUT2D eigenvalue weighted by Gasteiger charge is 2.26. The molecular formula is C19H18FN5OS. The van der Waals surface area contributed by atoms with E-state index in [4.69, 9.17) is 0 Å². The maximum atomic E-state index is 13.1. The van der Waals surface area contributed by atoms with Crippen LogP contribution in [0.3, 0.4) is 0 Å². The average molecular weight is 383 g/mol. The largest absolute Gasteiger partial charge is 0.325 e. The van der Waals surface area contributed by atoms with Gasteiger partial charge in [-0.3, -0.25) is 9.36 Å². The van der Waals surface area contributed by atoms with Gasteiger partial charge in [0.15, 0.2) is 5.16 Å². The van der Waals surface area contributed by atoms with E-state index in [2.05, 4.69) is 15.5 Å². The van der Waals surface area contributed by atoms with Crippen LogP contribution >= 0.6 is 11.8 Å². The van der Waals surface area contributed by atoms with Crippen LogP contribution in [0.1, 0.15) is 5.56 Å². The second-order valence-corrected chi connectivity index (χ2v) is 7.16. The molecule has 2 aromatic carbocycles. The summed E-state index contributed by atoms with van der Waals surface area (Å²) < 4.78 is 15.1. The van der Waals surface area contributed by atoms with Crippen molar-refractivity contribution in [2.75, 3.05) is 22.5 Å². The van der Waals surface area contributed by atoms with Gasteiger partial charge in [-0.05, 0) is 42.8 Å². The van der Waals surface area contributed by atoms with E-state index >= 15 is 0 Å². The summed E-state index contributed by atoms with van der Waals surface area (Å²) in [6.45, 7) is 3.42. The van der Waals surface area contributed by atoms with E-state index in [1.807, 2.05) is 40.7 Å². The van der Waals surface area contributed by atoms with Crippen molar-refractivity contribution >= 4 is 35.0 Å². The Hall–Kier alpha value is -2.87. The Kier molecular flexibility index (Phi) is 4.81. The van der Waals surface area contributed by atoms with Crippen molar-refractivity contribution in [3.8, 4) is 0 Å². The van der Waals surface area contributed by atoms with Crippen LogP contribution in [0.5, 0.6) is 0 Å². The van der Waals surface area contributed by atoms with Crippen molar-refractivity contribution in [1.29, 1.82) is 0 Å². The molecule has 8 heteroatoms. The molecule has 1 N–H and O–H groups in total. The summed E-state index contributed by atoms with van der Waals surface area (Å²) in [7, 11) is 0. The molecule has 27 heavy (non-hydrogen) atoms. The fraction of sp³-hybridized carbons (Fsp3) is 0.211. The highest BCUT2D eigenvalue weighted by molar-refractivity contribution is 7.99. The number of fused-ring (bicyclic) bond motifs is 1. The minimum absolute atomic E-state index is 0.0833. The summed E-state index contributed by atoms with van der Waals surface area (Å²) in [6.07, 6.45) is 0. The van der Waals surface area contributed by atoms with Crippen LogP contribution in [0, 0.1) is 12.7 Å². The van der Waals surface area contributed by atoms with Crippen LogP contribution in [0.2, 0.25) is 0 Å². The molecule has 0 saturated carbocycles. The summed E-state index contributed by atoms with van der Waals surface area (Å²) in [6, 6.07) is 14.0. The van der Waals surface area contributed by atoms with Gasteiger partial charge in [0.2, 0.25) is 11.9 Å². The lowest BCUT2D eigenvalue weighted by molar-refractivity contribution is -0.113. The number of nitrogens with one attached hydrogen (secondary N) is 1. The van der Waals surface area contributed by atoms with Crippen LogP contribution in [-0.4, -0.2) is 33.0 Å². The third-order valence-corrected chi connectivity index (χ3v) is 5.34. The summed E-state index contributed by atoms with van der Waals surface area (Å²) in [5.41, 5.74) is 2.71. The fourth-order valence-electron chi connectivity index (χ4n) is 2.98. The van der Waals surface area contributed by atoms with Crippen molar-refractivity contribution < 1.29 is 9.18 Å². The van der Waals surface area contributed by atoms with Gasteiger partial charge in [0, 0.05) is 24.5 Å². The van der Waals surface area contributed by atoms with Crippen LogP contribution in [0.4, 0.5) is 21.7 Å².